The highest BCUT2D eigenvalue weighted by Gasteiger charge is 2.16. The number of nitrogens with one attached hydrogen (secondary N) is 1. The Hall–Kier alpha value is -1.06. The molecule has 0 radical (unpaired) electrons. The van der Waals surface area contributed by atoms with Gasteiger partial charge in [-0.3, -0.25) is 11.3 Å². The van der Waals surface area contributed by atoms with E-state index in [9.17, 15) is 0 Å². The molecule has 0 amide bonds. The van der Waals surface area contributed by atoms with E-state index in [0.717, 1.165) is 26.7 Å². The third kappa shape index (κ3) is 3.28. The normalized spacial score (nSPS) is 12.4. The first kappa shape index (κ1) is 14.4. The average molecular weight is 295 g/mol. The Morgan fingerprint density at radius 2 is 1.84 bits per heavy atom. The molecule has 0 aliphatic rings. The van der Waals surface area contributed by atoms with Gasteiger partial charge >= 0.3 is 0 Å². The molecule has 4 heteroatoms. The molecule has 0 aliphatic heterocycles. The van der Waals surface area contributed by atoms with Crippen molar-refractivity contribution in [1.29, 1.82) is 0 Å². The fourth-order valence-electron chi connectivity index (χ4n) is 2.08. The van der Waals surface area contributed by atoms with E-state index in [-0.39, 0.29) is 6.04 Å². The van der Waals surface area contributed by atoms with Crippen molar-refractivity contribution in [3.05, 3.63) is 69.2 Å². The Balaban J connectivity index is 2.31. The summed E-state index contributed by atoms with van der Waals surface area (Å²) in [5.41, 5.74) is 5.90. The molecule has 3 N–H and O–H groups in total. The molecule has 0 aromatic heterocycles. The minimum atomic E-state index is -0.0627. The number of hydrogen-bond donors (Lipinski definition) is 2. The van der Waals surface area contributed by atoms with Crippen LogP contribution in [-0.4, -0.2) is 0 Å². The summed E-state index contributed by atoms with van der Waals surface area (Å²) in [7, 11) is 0. The zero-order valence-corrected chi connectivity index (χ0v) is 12.2. The number of hydrazine groups is 1. The molecule has 2 nitrogen and oxygen atoms in total. The Labute approximate surface area is 123 Å². The highest BCUT2D eigenvalue weighted by atomic mass is 35.5. The number of hydrogen-bond acceptors (Lipinski definition) is 2. The van der Waals surface area contributed by atoms with Gasteiger partial charge in [-0.25, -0.2) is 0 Å². The molecule has 2 aromatic rings. The summed E-state index contributed by atoms with van der Waals surface area (Å²) in [5, 5.41) is 1.49. The van der Waals surface area contributed by atoms with Crippen LogP contribution in [0.1, 0.15) is 22.7 Å². The lowest BCUT2D eigenvalue weighted by Crippen LogP contribution is -2.30. The van der Waals surface area contributed by atoms with Crippen LogP contribution in [0.4, 0.5) is 0 Å². The van der Waals surface area contributed by atoms with E-state index < -0.39 is 0 Å². The van der Waals surface area contributed by atoms with Gasteiger partial charge in [-0.2, -0.15) is 0 Å². The summed E-state index contributed by atoms with van der Waals surface area (Å²) in [6.07, 6.45) is 0.694. The van der Waals surface area contributed by atoms with Gasteiger partial charge in [-0.1, -0.05) is 59.6 Å². The van der Waals surface area contributed by atoms with Crippen LogP contribution in [0.3, 0.4) is 0 Å². The molecule has 0 aliphatic carbocycles. The molecular formula is C15H16Cl2N2. The summed E-state index contributed by atoms with van der Waals surface area (Å²) >= 11 is 12.5. The largest absolute Gasteiger partial charge is 0.271 e. The van der Waals surface area contributed by atoms with E-state index in [0.29, 0.717) is 6.42 Å². The van der Waals surface area contributed by atoms with Crippen molar-refractivity contribution in [1.82, 2.24) is 5.43 Å². The van der Waals surface area contributed by atoms with Crippen LogP contribution in [0.5, 0.6) is 0 Å². The minimum Gasteiger partial charge on any atom is -0.271 e. The summed E-state index contributed by atoms with van der Waals surface area (Å²) in [6, 6.07) is 13.6. The van der Waals surface area contributed by atoms with Gasteiger partial charge in [0.1, 0.15) is 0 Å². The van der Waals surface area contributed by atoms with E-state index in [4.69, 9.17) is 29.0 Å². The maximum atomic E-state index is 6.34. The summed E-state index contributed by atoms with van der Waals surface area (Å²) in [6.45, 7) is 1.98. The first-order chi connectivity index (χ1) is 9.13. The lowest BCUT2D eigenvalue weighted by atomic mass is 9.98. The van der Waals surface area contributed by atoms with Crippen molar-refractivity contribution in [2.24, 2.45) is 5.84 Å². The Morgan fingerprint density at radius 3 is 2.53 bits per heavy atom. The van der Waals surface area contributed by atoms with E-state index in [1.54, 1.807) is 0 Å². The molecule has 0 saturated carbocycles. The maximum absolute atomic E-state index is 6.34. The van der Waals surface area contributed by atoms with E-state index in [1.807, 2.05) is 49.4 Å². The molecule has 0 saturated heterocycles. The second-order valence-corrected chi connectivity index (χ2v) is 5.28. The number of halogens is 2. The van der Waals surface area contributed by atoms with Crippen LogP contribution in [0, 0.1) is 6.92 Å². The van der Waals surface area contributed by atoms with Crippen LogP contribution >= 0.6 is 23.2 Å². The molecule has 0 spiro atoms. The molecule has 0 heterocycles. The SMILES string of the molecule is Cc1cccc(C(Cc2ccccc2Cl)NN)c1Cl. The highest BCUT2D eigenvalue weighted by molar-refractivity contribution is 6.32. The highest BCUT2D eigenvalue weighted by Crippen LogP contribution is 2.29. The van der Waals surface area contributed by atoms with Crippen molar-refractivity contribution in [3.63, 3.8) is 0 Å². The quantitative estimate of drug-likeness (QED) is 0.659. The standard InChI is InChI=1S/C15H16Cl2N2/c1-10-5-4-7-12(15(10)17)14(19-18)9-11-6-2-3-8-13(11)16/h2-8,14,19H,9,18H2,1H3. The topological polar surface area (TPSA) is 38.0 Å². The minimum absolute atomic E-state index is 0.0627. The number of aryl methyl sites for hydroxylation is 1. The Morgan fingerprint density at radius 1 is 1.11 bits per heavy atom. The van der Waals surface area contributed by atoms with E-state index in [2.05, 4.69) is 5.43 Å². The zero-order chi connectivity index (χ0) is 13.8. The third-order valence-electron chi connectivity index (χ3n) is 3.18. The fourth-order valence-corrected chi connectivity index (χ4v) is 2.55. The van der Waals surface area contributed by atoms with Gasteiger partial charge in [0.25, 0.3) is 0 Å². The van der Waals surface area contributed by atoms with Crippen LogP contribution in [0.25, 0.3) is 0 Å². The van der Waals surface area contributed by atoms with Gasteiger partial charge in [0.15, 0.2) is 0 Å². The van der Waals surface area contributed by atoms with Crippen LogP contribution < -0.4 is 11.3 Å². The molecule has 1 unspecified atom stereocenters. The molecule has 100 valence electrons. The maximum Gasteiger partial charge on any atom is 0.0515 e. The number of rotatable bonds is 4. The molecule has 2 rings (SSSR count). The molecule has 19 heavy (non-hydrogen) atoms. The van der Waals surface area contributed by atoms with Crippen molar-refractivity contribution in [3.8, 4) is 0 Å². The van der Waals surface area contributed by atoms with Crippen molar-refractivity contribution in [2.75, 3.05) is 0 Å². The molecule has 2 aromatic carbocycles. The first-order valence-corrected chi connectivity index (χ1v) is 6.83. The summed E-state index contributed by atoms with van der Waals surface area (Å²) in [4.78, 5) is 0. The van der Waals surface area contributed by atoms with Gasteiger partial charge in [-0.05, 0) is 36.1 Å². The average Bonchev–Trinajstić information content (AvgIpc) is 2.41. The van der Waals surface area contributed by atoms with E-state index >= 15 is 0 Å². The zero-order valence-electron chi connectivity index (χ0n) is 10.7. The Bertz CT molecular complexity index is 570. The van der Waals surface area contributed by atoms with Crippen molar-refractivity contribution in [2.45, 2.75) is 19.4 Å². The van der Waals surface area contributed by atoms with Gasteiger partial charge in [0.05, 0.1) is 6.04 Å². The second kappa shape index (κ2) is 6.40. The number of benzene rings is 2. The summed E-state index contributed by atoms with van der Waals surface area (Å²) < 4.78 is 0. The van der Waals surface area contributed by atoms with Gasteiger partial charge in [0.2, 0.25) is 0 Å². The number of nitrogens with two attached hydrogens (primary N) is 1. The van der Waals surface area contributed by atoms with E-state index in [1.165, 1.54) is 0 Å². The first-order valence-electron chi connectivity index (χ1n) is 6.08. The molecule has 0 fully saturated rings. The predicted octanol–water partition coefficient (Wildman–Crippen LogP) is 4.05. The third-order valence-corrected chi connectivity index (χ3v) is 4.07. The van der Waals surface area contributed by atoms with Crippen LogP contribution in [0.15, 0.2) is 42.5 Å². The second-order valence-electron chi connectivity index (χ2n) is 4.49. The molecule has 1 atom stereocenters. The van der Waals surface area contributed by atoms with Gasteiger partial charge in [0, 0.05) is 10.0 Å². The van der Waals surface area contributed by atoms with Crippen molar-refractivity contribution >= 4 is 23.2 Å². The fraction of sp³-hybridized carbons (Fsp3) is 0.200. The smallest absolute Gasteiger partial charge is 0.0515 e. The van der Waals surface area contributed by atoms with Crippen molar-refractivity contribution < 1.29 is 0 Å². The lowest BCUT2D eigenvalue weighted by molar-refractivity contribution is 0.552. The summed E-state index contributed by atoms with van der Waals surface area (Å²) in [5.74, 6) is 5.67. The molecule has 0 bridgehead atoms. The Kier molecular flexibility index (Phi) is 4.83. The predicted molar refractivity (Wildman–Crippen MR) is 81.4 cm³/mol. The van der Waals surface area contributed by atoms with Crippen LogP contribution in [0.2, 0.25) is 10.0 Å². The van der Waals surface area contributed by atoms with Crippen LogP contribution in [-0.2, 0) is 6.42 Å². The molecular weight excluding hydrogens is 279 g/mol. The lowest BCUT2D eigenvalue weighted by Gasteiger charge is -2.19. The van der Waals surface area contributed by atoms with Gasteiger partial charge < -0.3 is 0 Å². The monoisotopic (exact) mass is 294 g/mol. The van der Waals surface area contributed by atoms with Gasteiger partial charge in [-0.15, -0.1) is 0 Å².